The van der Waals surface area contributed by atoms with Crippen LogP contribution < -0.4 is 14.8 Å². The average Bonchev–Trinajstić information content (AvgIpc) is 3.01. The fraction of sp³-hybridized carbons (Fsp3) is 0.0667. The number of anilines is 2. The van der Waals surface area contributed by atoms with Crippen molar-refractivity contribution in [3.8, 4) is 5.75 Å². The van der Waals surface area contributed by atoms with E-state index in [4.69, 9.17) is 4.74 Å². The Morgan fingerprint density at radius 1 is 1.24 bits per heavy atom. The number of aromatic nitrogens is 2. The molecule has 1 aliphatic heterocycles. The Morgan fingerprint density at radius 3 is 2.92 bits per heavy atom. The normalized spacial score (nSPS) is 13.9. The van der Waals surface area contributed by atoms with Crippen molar-refractivity contribution < 1.29 is 17.9 Å². The number of nitrogens with zero attached hydrogens (tertiary/aromatic N) is 1. The highest BCUT2D eigenvalue weighted by Gasteiger charge is 2.24. The number of benzene rings is 2. The number of rotatable bonds is 3. The molecule has 128 valence electrons. The van der Waals surface area contributed by atoms with E-state index in [0.717, 1.165) is 10.9 Å². The Balaban J connectivity index is 1.71. The predicted octanol–water partition coefficient (Wildman–Crippen LogP) is 2.46. The third kappa shape index (κ3) is 2.94. The van der Waals surface area contributed by atoms with E-state index >= 15 is 0 Å². The van der Waals surface area contributed by atoms with Crippen LogP contribution in [0.3, 0.4) is 0 Å². The van der Waals surface area contributed by atoms with Gasteiger partial charge in [0.2, 0.25) is 0 Å². The Bertz CT molecular complexity index is 1110. The van der Waals surface area contributed by atoms with Gasteiger partial charge in [-0.1, -0.05) is 0 Å². The van der Waals surface area contributed by atoms with Crippen molar-refractivity contribution in [1.29, 1.82) is 0 Å². The van der Waals surface area contributed by atoms with Crippen LogP contribution in [0.1, 0.15) is 0 Å². The quantitative estimate of drug-likeness (QED) is 0.599. The van der Waals surface area contributed by atoms with Gasteiger partial charge in [-0.3, -0.25) is 14.6 Å². The van der Waals surface area contributed by atoms with Gasteiger partial charge in [0.15, 0.2) is 6.61 Å². The highest BCUT2D eigenvalue weighted by atomic mass is 79.9. The second kappa shape index (κ2) is 5.74. The SMILES string of the molecule is O=C1COc2cc(S(=O)(=O)Nc3ccc4[nH]ncc4c3)c(Br)cc2N1. The Labute approximate surface area is 150 Å². The summed E-state index contributed by atoms with van der Waals surface area (Å²) < 4.78 is 33.6. The summed E-state index contributed by atoms with van der Waals surface area (Å²) in [5.41, 5.74) is 1.64. The summed E-state index contributed by atoms with van der Waals surface area (Å²) in [7, 11) is -3.86. The molecule has 2 aromatic carbocycles. The predicted molar refractivity (Wildman–Crippen MR) is 95.2 cm³/mol. The summed E-state index contributed by atoms with van der Waals surface area (Å²) in [5, 5.41) is 10.1. The minimum Gasteiger partial charge on any atom is -0.482 e. The molecule has 1 amide bonds. The molecule has 25 heavy (non-hydrogen) atoms. The van der Waals surface area contributed by atoms with Gasteiger partial charge in [-0.2, -0.15) is 5.10 Å². The van der Waals surface area contributed by atoms with Crippen LogP contribution in [0, 0.1) is 0 Å². The molecule has 8 nitrogen and oxygen atoms in total. The van der Waals surface area contributed by atoms with Gasteiger partial charge in [0, 0.05) is 21.6 Å². The van der Waals surface area contributed by atoms with Crippen LogP contribution >= 0.6 is 15.9 Å². The summed E-state index contributed by atoms with van der Waals surface area (Å²) in [6.07, 6.45) is 1.61. The molecular weight excluding hydrogens is 412 g/mol. The number of aromatic amines is 1. The number of nitrogens with one attached hydrogen (secondary N) is 3. The van der Waals surface area contributed by atoms with Crippen molar-refractivity contribution in [1.82, 2.24) is 10.2 Å². The molecule has 4 rings (SSSR count). The van der Waals surface area contributed by atoms with Crippen LogP contribution in [-0.4, -0.2) is 31.1 Å². The van der Waals surface area contributed by atoms with Crippen molar-refractivity contribution in [3.05, 3.63) is 41.0 Å². The summed E-state index contributed by atoms with van der Waals surface area (Å²) in [6, 6.07) is 7.93. The lowest BCUT2D eigenvalue weighted by Crippen LogP contribution is -2.26. The third-order valence-electron chi connectivity index (χ3n) is 3.65. The molecule has 3 N–H and O–H groups in total. The smallest absolute Gasteiger partial charge is 0.263 e. The van der Waals surface area contributed by atoms with Crippen LogP contribution in [-0.2, 0) is 14.8 Å². The van der Waals surface area contributed by atoms with Crippen molar-refractivity contribution in [2.24, 2.45) is 0 Å². The summed E-state index contributed by atoms with van der Waals surface area (Å²) in [4.78, 5) is 11.4. The van der Waals surface area contributed by atoms with Crippen molar-refractivity contribution >= 4 is 54.1 Å². The minimum atomic E-state index is -3.86. The second-order valence-electron chi connectivity index (χ2n) is 5.39. The maximum Gasteiger partial charge on any atom is 0.263 e. The van der Waals surface area contributed by atoms with E-state index in [2.05, 4.69) is 36.2 Å². The van der Waals surface area contributed by atoms with Crippen molar-refractivity contribution in [2.75, 3.05) is 16.6 Å². The summed E-state index contributed by atoms with van der Waals surface area (Å²) in [6.45, 7) is -0.154. The number of carbonyl (C=O) groups excluding carboxylic acids is 1. The fourth-order valence-corrected chi connectivity index (χ4v) is 4.61. The van der Waals surface area contributed by atoms with E-state index in [0.29, 0.717) is 21.6 Å². The van der Waals surface area contributed by atoms with Crippen LogP contribution in [0.5, 0.6) is 5.75 Å². The molecule has 0 spiro atoms. The highest BCUT2D eigenvalue weighted by Crippen LogP contribution is 2.36. The maximum absolute atomic E-state index is 12.7. The van der Waals surface area contributed by atoms with Crippen molar-refractivity contribution in [2.45, 2.75) is 4.90 Å². The number of ether oxygens (including phenoxy) is 1. The zero-order valence-corrected chi connectivity index (χ0v) is 14.9. The summed E-state index contributed by atoms with van der Waals surface area (Å²) >= 11 is 3.24. The number of hydrogen-bond acceptors (Lipinski definition) is 5. The zero-order valence-electron chi connectivity index (χ0n) is 12.5. The molecule has 1 aliphatic rings. The molecule has 0 bridgehead atoms. The minimum absolute atomic E-state index is 0.00897. The molecular formula is C15H11BrN4O4S. The van der Waals surface area contributed by atoms with Gasteiger partial charge in [-0.05, 0) is 40.2 Å². The van der Waals surface area contributed by atoms with Crippen LogP contribution in [0.4, 0.5) is 11.4 Å². The molecule has 0 saturated heterocycles. The Kier molecular flexibility index (Phi) is 3.65. The second-order valence-corrected chi connectivity index (χ2v) is 7.90. The zero-order chi connectivity index (χ0) is 17.6. The molecule has 0 fully saturated rings. The topological polar surface area (TPSA) is 113 Å². The number of halogens is 1. The fourth-order valence-electron chi connectivity index (χ4n) is 2.50. The largest absolute Gasteiger partial charge is 0.482 e. The van der Waals surface area contributed by atoms with Gasteiger partial charge in [0.05, 0.1) is 17.4 Å². The van der Waals surface area contributed by atoms with E-state index in [1.165, 1.54) is 12.1 Å². The first-order valence-electron chi connectivity index (χ1n) is 7.14. The molecule has 3 aromatic rings. The number of H-pyrrole nitrogens is 1. The third-order valence-corrected chi connectivity index (χ3v) is 5.99. The maximum atomic E-state index is 12.7. The van der Waals surface area contributed by atoms with Gasteiger partial charge in [-0.15, -0.1) is 0 Å². The molecule has 0 saturated carbocycles. The summed E-state index contributed by atoms with van der Waals surface area (Å²) in [5.74, 6) is 0.00927. The van der Waals surface area contributed by atoms with Crippen molar-refractivity contribution in [3.63, 3.8) is 0 Å². The van der Waals surface area contributed by atoms with Gasteiger partial charge in [-0.25, -0.2) is 8.42 Å². The number of carbonyl (C=O) groups is 1. The molecule has 0 radical (unpaired) electrons. The molecule has 10 heteroatoms. The Morgan fingerprint density at radius 2 is 2.08 bits per heavy atom. The van der Waals surface area contributed by atoms with Gasteiger partial charge in [0.25, 0.3) is 15.9 Å². The van der Waals surface area contributed by atoms with Crippen LogP contribution in [0.2, 0.25) is 0 Å². The van der Waals surface area contributed by atoms with E-state index in [9.17, 15) is 13.2 Å². The van der Waals surface area contributed by atoms with Gasteiger partial charge < -0.3 is 10.1 Å². The van der Waals surface area contributed by atoms with Gasteiger partial charge >= 0.3 is 0 Å². The van der Waals surface area contributed by atoms with E-state index in [1.807, 2.05) is 0 Å². The van der Waals surface area contributed by atoms with Gasteiger partial charge in [0.1, 0.15) is 10.6 Å². The number of hydrogen-bond donors (Lipinski definition) is 3. The van der Waals surface area contributed by atoms with E-state index in [1.54, 1.807) is 24.4 Å². The molecule has 0 unspecified atom stereocenters. The molecule has 2 heterocycles. The molecule has 0 aliphatic carbocycles. The lowest BCUT2D eigenvalue weighted by Gasteiger charge is -2.19. The first kappa shape index (κ1) is 15.9. The highest BCUT2D eigenvalue weighted by molar-refractivity contribution is 9.10. The Hall–Kier alpha value is -2.59. The number of sulfonamides is 1. The number of fused-ring (bicyclic) bond motifs is 2. The van der Waals surface area contributed by atoms with E-state index in [-0.39, 0.29) is 17.4 Å². The lowest BCUT2D eigenvalue weighted by atomic mass is 10.2. The van der Waals surface area contributed by atoms with Crippen LogP contribution in [0.25, 0.3) is 10.9 Å². The standard InChI is InChI=1S/C15H11BrN4O4S/c16-10-4-12-13(24-7-15(21)18-12)5-14(10)25(22,23)20-9-1-2-11-8(3-9)6-17-19-11/h1-6,20H,7H2,(H,17,19)(H,18,21). The first-order valence-corrected chi connectivity index (χ1v) is 9.42. The lowest BCUT2D eigenvalue weighted by molar-refractivity contribution is -0.118. The monoisotopic (exact) mass is 422 g/mol. The van der Waals surface area contributed by atoms with Crippen LogP contribution in [0.15, 0.2) is 45.9 Å². The average molecular weight is 423 g/mol. The first-order chi connectivity index (χ1) is 11.9. The van der Waals surface area contributed by atoms with E-state index < -0.39 is 10.0 Å². The molecule has 0 atom stereocenters. The number of amides is 1. The molecule has 1 aromatic heterocycles.